The summed E-state index contributed by atoms with van der Waals surface area (Å²) >= 11 is 0. The monoisotopic (exact) mass is 278 g/mol. The number of rotatable bonds is 3. The third-order valence-electron chi connectivity index (χ3n) is 5.02. The lowest BCUT2D eigenvalue weighted by Gasteiger charge is -2.39. The maximum absolute atomic E-state index is 11.7. The summed E-state index contributed by atoms with van der Waals surface area (Å²) in [5.74, 6) is -0.155. The van der Waals surface area contributed by atoms with Crippen LogP contribution in [0.25, 0.3) is 0 Å². The van der Waals surface area contributed by atoms with Gasteiger partial charge < -0.3 is 15.0 Å². The molecule has 3 aliphatic rings. The van der Waals surface area contributed by atoms with Crippen LogP contribution in [0.3, 0.4) is 0 Å². The highest BCUT2D eigenvalue weighted by atomic mass is 16.6. The van der Waals surface area contributed by atoms with Gasteiger partial charge in [-0.05, 0) is 51.6 Å². The van der Waals surface area contributed by atoms with Crippen LogP contribution in [0.5, 0.6) is 0 Å². The van der Waals surface area contributed by atoms with Crippen LogP contribution in [0.4, 0.5) is 0 Å². The highest BCUT2D eigenvalue weighted by Crippen LogP contribution is 2.40. The molecule has 4 heteroatoms. The van der Waals surface area contributed by atoms with Crippen LogP contribution in [0.2, 0.25) is 0 Å². The molecule has 1 aliphatic carbocycles. The molecule has 0 unspecified atom stereocenters. The van der Waals surface area contributed by atoms with Crippen molar-refractivity contribution >= 4 is 5.97 Å². The van der Waals surface area contributed by atoms with Gasteiger partial charge in [-0.2, -0.15) is 0 Å². The highest BCUT2D eigenvalue weighted by Gasteiger charge is 2.44. The first-order valence-corrected chi connectivity index (χ1v) is 8.16. The van der Waals surface area contributed by atoms with E-state index in [9.17, 15) is 4.79 Å². The first-order chi connectivity index (χ1) is 9.72. The van der Waals surface area contributed by atoms with Crippen LogP contribution in [0.15, 0.2) is 11.8 Å². The Bertz CT molecular complexity index is 399. The van der Waals surface area contributed by atoms with Crippen LogP contribution in [0, 0.1) is 0 Å². The molecule has 0 radical (unpaired) electrons. The fourth-order valence-corrected chi connectivity index (χ4v) is 3.87. The lowest BCUT2D eigenvalue weighted by Crippen LogP contribution is -2.49. The van der Waals surface area contributed by atoms with Crippen LogP contribution in [-0.2, 0) is 9.53 Å². The number of likely N-dealkylation sites (tertiary alicyclic amines) is 1. The number of nitrogens with one attached hydrogen (secondary N) is 1. The Labute approximate surface area is 121 Å². The van der Waals surface area contributed by atoms with E-state index >= 15 is 0 Å². The van der Waals surface area contributed by atoms with Gasteiger partial charge in [0, 0.05) is 18.7 Å². The fraction of sp³-hybridized carbons (Fsp3) is 0.812. The molecule has 2 aliphatic heterocycles. The van der Waals surface area contributed by atoms with E-state index < -0.39 is 0 Å². The van der Waals surface area contributed by atoms with E-state index in [4.69, 9.17) is 4.74 Å². The SMILES string of the molecule is CCN1CCC[C@H](NC2=CC(=O)OC23CCCCC3)C1. The number of carbonyl (C=O) groups excluding carboxylic acids is 1. The summed E-state index contributed by atoms with van der Waals surface area (Å²) in [4.78, 5) is 14.2. The molecule has 1 spiro atoms. The van der Waals surface area contributed by atoms with E-state index in [1.54, 1.807) is 6.08 Å². The molecule has 0 aromatic heterocycles. The Balaban J connectivity index is 1.68. The molecular formula is C16H26N2O2. The lowest BCUT2D eigenvalue weighted by molar-refractivity contribution is -0.148. The molecule has 1 N–H and O–H groups in total. The Morgan fingerprint density at radius 2 is 2.15 bits per heavy atom. The summed E-state index contributed by atoms with van der Waals surface area (Å²) in [5.41, 5.74) is 0.745. The topological polar surface area (TPSA) is 41.6 Å². The molecular weight excluding hydrogens is 252 g/mol. The minimum atomic E-state index is -0.316. The summed E-state index contributed by atoms with van der Waals surface area (Å²) in [7, 11) is 0. The van der Waals surface area contributed by atoms with Gasteiger partial charge in [0.2, 0.25) is 0 Å². The normalized spacial score (nSPS) is 30.1. The molecule has 3 rings (SSSR count). The molecule has 4 nitrogen and oxygen atoms in total. The summed E-state index contributed by atoms with van der Waals surface area (Å²) in [5, 5.41) is 3.65. The molecule has 20 heavy (non-hydrogen) atoms. The molecule has 0 bridgehead atoms. The van der Waals surface area contributed by atoms with E-state index in [0.29, 0.717) is 6.04 Å². The molecule has 1 saturated heterocycles. The molecule has 112 valence electrons. The van der Waals surface area contributed by atoms with E-state index in [0.717, 1.165) is 44.5 Å². The van der Waals surface area contributed by atoms with Crippen molar-refractivity contribution in [3.05, 3.63) is 11.8 Å². The minimum Gasteiger partial charge on any atom is -0.449 e. The average molecular weight is 278 g/mol. The largest absolute Gasteiger partial charge is 0.449 e. The highest BCUT2D eigenvalue weighted by molar-refractivity contribution is 5.86. The second-order valence-electron chi connectivity index (χ2n) is 6.41. The molecule has 2 heterocycles. The van der Waals surface area contributed by atoms with Gasteiger partial charge >= 0.3 is 5.97 Å². The minimum absolute atomic E-state index is 0.155. The standard InChI is InChI=1S/C16H26N2O2/c1-2-18-10-6-7-13(12-18)17-14-11-15(19)20-16(14)8-4-3-5-9-16/h11,13,17H,2-10,12H2,1H3/t13-/m0/s1. The lowest BCUT2D eigenvalue weighted by atomic mass is 9.82. The first kappa shape index (κ1) is 13.9. The Morgan fingerprint density at radius 1 is 1.35 bits per heavy atom. The maximum atomic E-state index is 11.7. The van der Waals surface area contributed by atoms with Crippen molar-refractivity contribution in [3.63, 3.8) is 0 Å². The number of nitrogens with zero attached hydrogens (tertiary/aromatic N) is 1. The molecule has 0 aromatic rings. The van der Waals surface area contributed by atoms with Crippen LogP contribution in [-0.4, -0.2) is 42.1 Å². The van der Waals surface area contributed by atoms with Crippen molar-refractivity contribution in [1.82, 2.24) is 10.2 Å². The molecule has 2 fully saturated rings. The zero-order valence-corrected chi connectivity index (χ0v) is 12.5. The van der Waals surface area contributed by atoms with E-state index in [1.165, 1.54) is 25.8 Å². The number of ether oxygens (including phenoxy) is 1. The quantitative estimate of drug-likeness (QED) is 0.804. The van der Waals surface area contributed by atoms with Crippen LogP contribution >= 0.6 is 0 Å². The Kier molecular flexibility index (Phi) is 4.01. The third kappa shape index (κ3) is 2.71. The van der Waals surface area contributed by atoms with Gasteiger partial charge in [0.25, 0.3) is 0 Å². The smallest absolute Gasteiger partial charge is 0.333 e. The Hall–Kier alpha value is -1.03. The van der Waals surface area contributed by atoms with Gasteiger partial charge in [0.05, 0.1) is 5.70 Å². The van der Waals surface area contributed by atoms with Gasteiger partial charge in [-0.15, -0.1) is 0 Å². The predicted octanol–water partition coefficient (Wildman–Crippen LogP) is 2.20. The maximum Gasteiger partial charge on any atom is 0.333 e. The van der Waals surface area contributed by atoms with Crippen molar-refractivity contribution < 1.29 is 9.53 Å². The van der Waals surface area contributed by atoms with Crippen molar-refractivity contribution in [3.8, 4) is 0 Å². The zero-order valence-electron chi connectivity index (χ0n) is 12.5. The fourth-order valence-electron chi connectivity index (χ4n) is 3.87. The van der Waals surface area contributed by atoms with Crippen molar-refractivity contribution in [2.75, 3.05) is 19.6 Å². The number of hydrogen-bond acceptors (Lipinski definition) is 4. The molecule has 1 atom stereocenters. The van der Waals surface area contributed by atoms with Gasteiger partial charge in [0.1, 0.15) is 0 Å². The van der Waals surface area contributed by atoms with Crippen LogP contribution < -0.4 is 5.32 Å². The summed E-state index contributed by atoms with van der Waals surface area (Å²) in [6, 6.07) is 0.461. The van der Waals surface area contributed by atoms with Gasteiger partial charge in [0.15, 0.2) is 5.60 Å². The molecule has 0 aromatic carbocycles. The number of likely N-dealkylation sites (N-methyl/N-ethyl adjacent to an activating group) is 1. The van der Waals surface area contributed by atoms with E-state index in [1.807, 2.05) is 0 Å². The van der Waals surface area contributed by atoms with Gasteiger partial charge in [-0.3, -0.25) is 0 Å². The summed E-state index contributed by atoms with van der Waals surface area (Å²) < 4.78 is 5.69. The predicted molar refractivity (Wildman–Crippen MR) is 78.3 cm³/mol. The van der Waals surface area contributed by atoms with Gasteiger partial charge in [-0.25, -0.2) is 4.79 Å². The van der Waals surface area contributed by atoms with Crippen LogP contribution in [0.1, 0.15) is 51.9 Å². The van der Waals surface area contributed by atoms with Crippen molar-refractivity contribution in [2.24, 2.45) is 0 Å². The molecule has 0 amide bonds. The molecule has 1 saturated carbocycles. The van der Waals surface area contributed by atoms with Crippen molar-refractivity contribution in [2.45, 2.75) is 63.5 Å². The van der Waals surface area contributed by atoms with Gasteiger partial charge in [-0.1, -0.05) is 13.3 Å². The van der Waals surface area contributed by atoms with E-state index in [2.05, 4.69) is 17.1 Å². The van der Waals surface area contributed by atoms with Crippen molar-refractivity contribution in [1.29, 1.82) is 0 Å². The third-order valence-corrected chi connectivity index (χ3v) is 5.02. The summed E-state index contributed by atoms with van der Waals surface area (Å²) in [6.07, 6.45) is 9.70. The van der Waals surface area contributed by atoms with E-state index in [-0.39, 0.29) is 11.6 Å². The first-order valence-electron chi connectivity index (χ1n) is 8.16. The second-order valence-corrected chi connectivity index (χ2v) is 6.41. The number of hydrogen-bond donors (Lipinski definition) is 1. The number of carbonyl (C=O) groups is 1. The summed E-state index contributed by atoms with van der Waals surface area (Å²) in [6.45, 7) is 5.61. The Morgan fingerprint density at radius 3 is 2.90 bits per heavy atom. The average Bonchev–Trinajstić information content (AvgIpc) is 2.75. The zero-order chi connectivity index (χ0) is 14.0. The number of esters is 1. The number of piperidine rings is 1. The second kappa shape index (κ2) is 5.76.